The zero-order valence-electron chi connectivity index (χ0n) is 11.3. The summed E-state index contributed by atoms with van der Waals surface area (Å²) in [5.41, 5.74) is 0. The highest BCUT2D eigenvalue weighted by atomic mass is 16.6. The minimum Gasteiger partial charge on any atom is -0.462 e. The molecule has 6 nitrogen and oxygen atoms in total. The van der Waals surface area contributed by atoms with Crippen molar-refractivity contribution in [2.75, 3.05) is 19.8 Å². The number of ether oxygens (including phenoxy) is 2. The lowest BCUT2D eigenvalue weighted by Crippen LogP contribution is -2.30. The SMILES string of the molecule is CC(=O)CNC(=O)OCCOC(=O)C1CCCCC1. The van der Waals surface area contributed by atoms with Crippen LogP contribution in [0.1, 0.15) is 39.0 Å². The maximum Gasteiger partial charge on any atom is 0.407 e. The van der Waals surface area contributed by atoms with Gasteiger partial charge in [0.1, 0.15) is 19.0 Å². The monoisotopic (exact) mass is 271 g/mol. The van der Waals surface area contributed by atoms with Gasteiger partial charge < -0.3 is 14.8 Å². The molecule has 1 fully saturated rings. The standard InChI is InChI=1S/C13H21NO5/c1-10(15)9-14-13(17)19-8-7-18-12(16)11-5-3-2-4-6-11/h11H,2-9H2,1H3,(H,14,17). The molecule has 108 valence electrons. The zero-order chi connectivity index (χ0) is 14.1. The Balaban J connectivity index is 2.04. The number of hydrogen-bond donors (Lipinski definition) is 1. The van der Waals surface area contributed by atoms with E-state index in [0.717, 1.165) is 25.7 Å². The summed E-state index contributed by atoms with van der Waals surface area (Å²) in [6, 6.07) is 0. The molecule has 0 aromatic rings. The number of hydrogen-bond acceptors (Lipinski definition) is 5. The van der Waals surface area contributed by atoms with Crippen LogP contribution in [0.5, 0.6) is 0 Å². The normalized spacial score (nSPS) is 15.6. The molecular weight excluding hydrogens is 250 g/mol. The van der Waals surface area contributed by atoms with Crippen LogP contribution in [0.4, 0.5) is 4.79 Å². The minimum absolute atomic E-state index is 0.000268. The van der Waals surface area contributed by atoms with Crippen LogP contribution in [0.25, 0.3) is 0 Å². The predicted octanol–water partition coefficient (Wildman–Crippen LogP) is 1.43. The number of ketones is 1. The molecule has 0 heterocycles. The molecule has 0 unspecified atom stereocenters. The second kappa shape index (κ2) is 8.50. The van der Waals surface area contributed by atoms with E-state index in [1.807, 2.05) is 0 Å². The minimum atomic E-state index is -0.677. The van der Waals surface area contributed by atoms with Crippen LogP contribution in [0.2, 0.25) is 0 Å². The van der Waals surface area contributed by atoms with Crippen molar-refractivity contribution in [3.05, 3.63) is 0 Å². The van der Waals surface area contributed by atoms with E-state index in [2.05, 4.69) is 5.32 Å². The summed E-state index contributed by atoms with van der Waals surface area (Å²) >= 11 is 0. The van der Waals surface area contributed by atoms with E-state index in [1.165, 1.54) is 13.3 Å². The lowest BCUT2D eigenvalue weighted by atomic mass is 9.89. The third kappa shape index (κ3) is 6.79. The quantitative estimate of drug-likeness (QED) is 0.583. The maximum absolute atomic E-state index is 11.6. The second-order valence-corrected chi connectivity index (χ2v) is 4.69. The van der Waals surface area contributed by atoms with E-state index in [-0.39, 0.29) is 37.4 Å². The molecule has 6 heteroatoms. The fourth-order valence-corrected chi connectivity index (χ4v) is 1.98. The summed E-state index contributed by atoms with van der Waals surface area (Å²) < 4.78 is 9.80. The van der Waals surface area contributed by atoms with Gasteiger partial charge in [-0.05, 0) is 19.8 Å². The van der Waals surface area contributed by atoms with Gasteiger partial charge in [-0.2, -0.15) is 0 Å². The molecule has 1 rings (SSSR count). The molecule has 1 amide bonds. The highest BCUT2D eigenvalue weighted by Crippen LogP contribution is 2.24. The Bertz CT molecular complexity index is 323. The summed E-state index contributed by atoms with van der Waals surface area (Å²) in [5.74, 6) is -0.353. The molecule has 0 saturated heterocycles. The summed E-state index contributed by atoms with van der Waals surface area (Å²) in [7, 11) is 0. The van der Waals surface area contributed by atoms with Gasteiger partial charge >= 0.3 is 12.1 Å². The van der Waals surface area contributed by atoms with Crippen LogP contribution in [0.15, 0.2) is 0 Å². The lowest BCUT2D eigenvalue weighted by molar-refractivity contribution is -0.150. The fraction of sp³-hybridized carbons (Fsp3) is 0.769. The van der Waals surface area contributed by atoms with Crippen molar-refractivity contribution in [3.63, 3.8) is 0 Å². The van der Waals surface area contributed by atoms with Gasteiger partial charge in [-0.15, -0.1) is 0 Å². The Morgan fingerprint density at radius 1 is 1.05 bits per heavy atom. The second-order valence-electron chi connectivity index (χ2n) is 4.69. The Hall–Kier alpha value is -1.59. The van der Waals surface area contributed by atoms with Crippen LogP contribution in [-0.2, 0) is 19.1 Å². The molecule has 1 N–H and O–H groups in total. The van der Waals surface area contributed by atoms with Crippen LogP contribution in [-0.4, -0.2) is 37.6 Å². The molecule has 1 saturated carbocycles. The molecule has 1 aliphatic carbocycles. The van der Waals surface area contributed by atoms with Crippen LogP contribution in [0.3, 0.4) is 0 Å². The number of alkyl carbamates (subject to hydrolysis) is 1. The molecule has 19 heavy (non-hydrogen) atoms. The number of Topliss-reactive ketones (excluding diaryl/α,β-unsaturated/α-hetero) is 1. The van der Waals surface area contributed by atoms with Crippen LogP contribution < -0.4 is 5.32 Å². The van der Waals surface area contributed by atoms with Gasteiger partial charge in [0.25, 0.3) is 0 Å². The van der Waals surface area contributed by atoms with Gasteiger partial charge in [0.15, 0.2) is 0 Å². The number of esters is 1. The first-order valence-corrected chi connectivity index (χ1v) is 6.66. The number of carbonyl (C=O) groups excluding carboxylic acids is 3. The maximum atomic E-state index is 11.6. The fourth-order valence-electron chi connectivity index (χ4n) is 1.98. The summed E-state index contributed by atoms with van der Waals surface area (Å²) in [4.78, 5) is 33.3. The largest absolute Gasteiger partial charge is 0.462 e. The van der Waals surface area contributed by atoms with Crippen LogP contribution in [0, 0.1) is 5.92 Å². The third-order valence-corrected chi connectivity index (χ3v) is 2.98. The molecule has 0 bridgehead atoms. The van der Waals surface area contributed by atoms with E-state index in [1.54, 1.807) is 0 Å². The van der Waals surface area contributed by atoms with E-state index in [4.69, 9.17) is 9.47 Å². The smallest absolute Gasteiger partial charge is 0.407 e. The first-order valence-electron chi connectivity index (χ1n) is 6.66. The summed E-state index contributed by atoms with van der Waals surface area (Å²) in [5, 5.41) is 2.28. The average molecular weight is 271 g/mol. The first kappa shape index (κ1) is 15.5. The topological polar surface area (TPSA) is 81.7 Å². The number of amides is 1. The third-order valence-electron chi connectivity index (χ3n) is 2.98. The van der Waals surface area contributed by atoms with Crippen molar-refractivity contribution in [2.45, 2.75) is 39.0 Å². The number of rotatable bonds is 6. The Labute approximate surface area is 112 Å². The lowest BCUT2D eigenvalue weighted by Gasteiger charge is -2.19. The van der Waals surface area contributed by atoms with Gasteiger partial charge in [0, 0.05) is 0 Å². The van der Waals surface area contributed by atoms with E-state index in [0.29, 0.717) is 0 Å². The van der Waals surface area contributed by atoms with Crippen molar-refractivity contribution >= 4 is 17.8 Å². The summed E-state index contributed by atoms with van der Waals surface area (Å²) in [6.45, 7) is 1.37. The number of carbonyl (C=O) groups is 3. The highest BCUT2D eigenvalue weighted by molar-refractivity contribution is 5.81. The van der Waals surface area contributed by atoms with E-state index < -0.39 is 6.09 Å². The van der Waals surface area contributed by atoms with Gasteiger partial charge in [-0.3, -0.25) is 9.59 Å². The Kier molecular flexibility index (Phi) is 6.92. The predicted molar refractivity (Wildman–Crippen MR) is 67.6 cm³/mol. The molecular formula is C13H21NO5. The van der Waals surface area contributed by atoms with Crippen molar-refractivity contribution in [1.29, 1.82) is 0 Å². The van der Waals surface area contributed by atoms with Crippen molar-refractivity contribution in [2.24, 2.45) is 5.92 Å². The summed E-state index contributed by atoms with van der Waals surface area (Å²) in [6.07, 6.45) is 4.43. The molecule has 0 aromatic heterocycles. The van der Waals surface area contributed by atoms with Crippen LogP contribution >= 0.6 is 0 Å². The van der Waals surface area contributed by atoms with Gasteiger partial charge in [-0.25, -0.2) is 4.79 Å². The molecule has 1 aliphatic rings. The van der Waals surface area contributed by atoms with Gasteiger partial charge in [0.05, 0.1) is 12.5 Å². The molecule has 0 aliphatic heterocycles. The Morgan fingerprint density at radius 3 is 2.32 bits per heavy atom. The van der Waals surface area contributed by atoms with Crippen molar-refractivity contribution in [1.82, 2.24) is 5.32 Å². The van der Waals surface area contributed by atoms with Gasteiger partial charge in [-0.1, -0.05) is 19.3 Å². The average Bonchev–Trinajstić information content (AvgIpc) is 2.42. The van der Waals surface area contributed by atoms with E-state index >= 15 is 0 Å². The molecule has 0 atom stereocenters. The van der Waals surface area contributed by atoms with Gasteiger partial charge in [0.2, 0.25) is 0 Å². The number of nitrogens with one attached hydrogen (secondary N) is 1. The molecule has 0 spiro atoms. The highest BCUT2D eigenvalue weighted by Gasteiger charge is 2.22. The first-order chi connectivity index (χ1) is 9.09. The molecule has 0 aromatic carbocycles. The van der Waals surface area contributed by atoms with Crippen molar-refractivity contribution < 1.29 is 23.9 Å². The van der Waals surface area contributed by atoms with Crippen molar-refractivity contribution in [3.8, 4) is 0 Å². The molecule has 0 radical (unpaired) electrons. The Morgan fingerprint density at radius 2 is 1.68 bits per heavy atom. The van der Waals surface area contributed by atoms with E-state index in [9.17, 15) is 14.4 Å². The zero-order valence-corrected chi connectivity index (χ0v) is 11.3.